The van der Waals surface area contributed by atoms with Crippen LogP contribution in [0.5, 0.6) is 5.75 Å². The molecule has 0 aliphatic carbocycles. The van der Waals surface area contributed by atoms with E-state index in [0.717, 1.165) is 63.0 Å². The Labute approximate surface area is 235 Å². The van der Waals surface area contributed by atoms with E-state index in [1.54, 1.807) is 13.2 Å². The fraction of sp³-hybridized carbons (Fsp3) is 0.294. The van der Waals surface area contributed by atoms with E-state index in [-0.39, 0.29) is 5.82 Å². The number of rotatable bonds is 11. The van der Waals surface area contributed by atoms with Gasteiger partial charge < -0.3 is 4.74 Å². The summed E-state index contributed by atoms with van der Waals surface area (Å²) in [7, 11) is 1.67. The summed E-state index contributed by atoms with van der Waals surface area (Å²) >= 11 is 1.17. The average molecular weight is 539 g/mol. The Bertz CT molecular complexity index is 1530. The molecule has 200 valence electrons. The van der Waals surface area contributed by atoms with E-state index in [1.165, 1.54) is 37.4 Å². The van der Waals surface area contributed by atoms with E-state index >= 15 is 4.39 Å². The normalized spacial score (nSPS) is 12.1. The number of unbranched alkanes of at least 4 members (excludes halogenated alkanes) is 1. The molecule has 0 N–H and O–H groups in total. The minimum Gasteiger partial charge on any atom is -0.497 e. The lowest BCUT2D eigenvalue weighted by atomic mass is 9.91. The maximum absolute atomic E-state index is 15.4. The van der Waals surface area contributed by atoms with Crippen molar-refractivity contribution in [2.45, 2.75) is 52.4 Å². The van der Waals surface area contributed by atoms with Gasteiger partial charge in [-0.2, -0.15) is 8.75 Å². The summed E-state index contributed by atoms with van der Waals surface area (Å²) < 4.78 is 29.9. The van der Waals surface area contributed by atoms with Gasteiger partial charge >= 0.3 is 0 Å². The minimum absolute atomic E-state index is 0.194. The third kappa shape index (κ3) is 6.04. The Morgan fingerprint density at radius 1 is 0.744 bits per heavy atom. The molecule has 0 radical (unpaired) electrons. The van der Waals surface area contributed by atoms with Crippen LogP contribution in [0.1, 0.15) is 51.5 Å². The quantitative estimate of drug-likeness (QED) is 0.168. The summed E-state index contributed by atoms with van der Waals surface area (Å²) in [6.45, 7) is 4.50. The highest BCUT2D eigenvalue weighted by molar-refractivity contribution is 7.00. The van der Waals surface area contributed by atoms with Crippen molar-refractivity contribution >= 4 is 22.8 Å². The number of ether oxygens (including phenoxy) is 1. The van der Waals surface area contributed by atoms with Gasteiger partial charge in [-0.3, -0.25) is 0 Å². The number of hydrogen-bond acceptors (Lipinski definition) is 4. The predicted molar refractivity (Wildman–Crippen MR) is 162 cm³/mol. The number of hydrogen-bond donors (Lipinski definition) is 0. The topological polar surface area (TPSA) is 35.0 Å². The lowest BCUT2D eigenvalue weighted by Gasteiger charge is -2.15. The first kappa shape index (κ1) is 27.0. The van der Waals surface area contributed by atoms with Crippen molar-refractivity contribution in [2.75, 3.05) is 7.11 Å². The van der Waals surface area contributed by atoms with Gasteiger partial charge in [-0.1, -0.05) is 100 Å². The third-order valence-corrected chi connectivity index (χ3v) is 8.27. The van der Waals surface area contributed by atoms with Gasteiger partial charge in [-0.05, 0) is 59.2 Å². The van der Waals surface area contributed by atoms with Crippen LogP contribution in [0.4, 0.5) is 4.39 Å². The van der Waals surface area contributed by atoms with Crippen LogP contribution in [-0.4, -0.2) is 15.9 Å². The Balaban J connectivity index is 1.38. The van der Waals surface area contributed by atoms with Gasteiger partial charge in [0.15, 0.2) is 0 Å². The van der Waals surface area contributed by atoms with Gasteiger partial charge in [-0.15, -0.1) is 0 Å². The van der Waals surface area contributed by atoms with Crippen LogP contribution >= 0.6 is 11.7 Å². The molecule has 0 bridgehead atoms. The lowest BCUT2D eigenvalue weighted by molar-refractivity contribution is 0.415. The monoisotopic (exact) mass is 538 g/mol. The van der Waals surface area contributed by atoms with Gasteiger partial charge in [0.1, 0.15) is 22.6 Å². The third-order valence-electron chi connectivity index (χ3n) is 7.74. The zero-order chi connectivity index (χ0) is 27.2. The molecule has 5 aromatic rings. The summed E-state index contributed by atoms with van der Waals surface area (Å²) in [6.07, 6.45) is 6.98. The summed E-state index contributed by atoms with van der Waals surface area (Å²) in [6, 6.07) is 26.2. The standard InChI is InChI=1S/C34H35FN2OS/c1-4-6-7-23(5-2)8-9-24-10-19-30(32(35)22-24)31-21-20-29(33-34(31)37-39-36-33)27-13-11-25(12-14-27)26-15-17-28(38-3)18-16-26/h10-23H,4-9H2,1-3H3. The van der Waals surface area contributed by atoms with Gasteiger partial charge in [0.05, 0.1) is 18.8 Å². The van der Waals surface area contributed by atoms with E-state index < -0.39 is 0 Å². The molecule has 1 aromatic heterocycles. The molecule has 0 fully saturated rings. The zero-order valence-electron chi connectivity index (χ0n) is 22.9. The Kier molecular flexibility index (Phi) is 8.67. The molecule has 0 amide bonds. The fourth-order valence-corrected chi connectivity index (χ4v) is 5.87. The molecule has 5 heteroatoms. The van der Waals surface area contributed by atoms with Crippen LogP contribution in [0, 0.1) is 11.7 Å². The van der Waals surface area contributed by atoms with Gasteiger partial charge in [0, 0.05) is 16.7 Å². The van der Waals surface area contributed by atoms with Crippen molar-refractivity contribution in [1.29, 1.82) is 0 Å². The Morgan fingerprint density at radius 2 is 1.36 bits per heavy atom. The van der Waals surface area contributed by atoms with Gasteiger partial charge in [0.2, 0.25) is 0 Å². The van der Waals surface area contributed by atoms with Crippen LogP contribution in [0.2, 0.25) is 0 Å². The van der Waals surface area contributed by atoms with Crippen molar-refractivity contribution in [1.82, 2.24) is 8.75 Å². The fourth-order valence-electron chi connectivity index (χ4n) is 5.29. The first-order chi connectivity index (χ1) is 19.1. The van der Waals surface area contributed by atoms with Gasteiger partial charge in [0.25, 0.3) is 0 Å². The number of halogens is 1. The van der Waals surface area contributed by atoms with Crippen LogP contribution in [0.15, 0.2) is 78.9 Å². The van der Waals surface area contributed by atoms with E-state index in [0.29, 0.717) is 11.5 Å². The number of nitrogens with zero attached hydrogens (tertiary/aromatic N) is 2. The lowest BCUT2D eigenvalue weighted by Crippen LogP contribution is -2.01. The van der Waals surface area contributed by atoms with Crippen LogP contribution in [-0.2, 0) is 6.42 Å². The second kappa shape index (κ2) is 12.5. The second-order valence-corrected chi connectivity index (χ2v) is 10.7. The molecule has 0 spiro atoms. The van der Waals surface area contributed by atoms with Crippen molar-refractivity contribution in [2.24, 2.45) is 5.92 Å². The van der Waals surface area contributed by atoms with E-state index in [9.17, 15) is 0 Å². The molecule has 1 atom stereocenters. The van der Waals surface area contributed by atoms with Crippen LogP contribution in [0.3, 0.4) is 0 Å². The maximum atomic E-state index is 15.4. The maximum Gasteiger partial charge on any atom is 0.131 e. The number of methoxy groups -OCH3 is 1. The first-order valence-corrected chi connectivity index (χ1v) is 14.6. The molecular weight excluding hydrogens is 503 g/mol. The molecule has 5 rings (SSSR count). The van der Waals surface area contributed by atoms with Crippen molar-refractivity contribution in [3.8, 4) is 39.1 Å². The highest BCUT2D eigenvalue weighted by Gasteiger charge is 2.17. The molecular formula is C34H35FN2OS. The number of aromatic nitrogens is 2. The first-order valence-electron chi connectivity index (χ1n) is 13.9. The molecule has 0 aliphatic rings. The molecule has 4 aromatic carbocycles. The molecule has 0 aliphatic heterocycles. The number of aryl methyl sites for hydroxylation is 1. The van der Waals surface area contributed by atoms with Gasteiger partial charge in [-0.25, -0.2) is 4.39 Å². The molecule has 3 nitrogen and oxygen atoms in total. The largest absolute Gasteiger partial charge is 0.497 e. The van der Waals surface area contributed by atoms with Crippen LogP contribution in [0.25, 0.3) is 44.4 Å². The predicted octanol–water partition coefficient (Wildman–Crippen LogP) is 9.99. The SMILES string of the molecule is CCCCC(CC)CCc1ccc(-c2ccc(-c3ccc(-c4ccc(OC)cc4)cc3)c3nsnc23)c(F)c1. The molecule has 1 heterocycles. The van der Waals surface area contributed by atoms with Crippen molar-refractivity contribution < 1.29 is 9.13 Å². The van der Waals surface area contributed by atoms with Crippen molar-refractivity contribution in [3.63, 3.8) is 0 Å². The Hall–Kier alpha value is -3.57. The summed E-state index contributed by atoms with van der Waals surface area (Å²) in [5, 5.41) is 0. The van der Waals surface area contributed by atoms with E-state index in [2.05, 4.69) is 65.1 Å². The van der Waals surface area contributed by atoms with Crippen LogP contribution < -0.4 is 4.74 Å². The summed E-state index contributed by atoms with van der Waals surface area (Å²) in [4.78, 5) is 0. The second-order valence-electron chi connectivity index (χ2n) is 10.2. The molecule has 1 unspecified atom stereocenters. The zero-order valence-corrected chi connectivity index (χ0v) is 23.7. The minimum atomic E-state index is -0.194. The number of benzene rings is 4. The molecule has 0 saturated carbocycles. The average Bonchev–Trinajstić information content (AvgIpc) is 3.48. The van der Waals surface area contributed by atoms with E-state index in [1.807, 2.05) is 30.3 Å². The highest BCUT2D eigenvalue weighted by atomic mass is 32.1. The Morgan fingerprint density at radius 3 is 2.00 bits per heavy atom. The molecule has 39 heavy (non-hydrogen) atoms. The summed E-state index contributed by atoms with van der Waals surface area (Å²) in [5.41, 5.74) is 8.29. The highest BCUT2D eigenvalue weighted by Crippen LogP contribution is 2.36. The summed E-state index contributed by atoms with van der Waals surface area (Å²) in [5.74, 6) is 1.36. The smallest absolute Gasteiger partial charge is 0.131 e. The van der Waals surface area contributed by atoms with E-state index in [4.69, 9.17) is 4.74 Å². The van der Waals surface area contributed by atoms with Crippen molar-refractivity contribution in [3.05, 3.63) is 90.2 Å². The molecule has 0 saturated heterocycles. The number of fused-ring (bicyclic) bond motifs is 1.